The predicted molar refractivity (Wildman–Crippen MR) is 99.5 cm³/mol. The van der Waals surface area contributed by atoms with E-state index in [0.29, 0.717) is 28.9 Å². The van der Waals surface area contributed by atoms with Crippen molar-refractivity contribution in [1.82, 2.24) is 10.2 Å². The number of amides is 1. The summed E-state index contributed by atoms with van der Waals surface area (Å²) in [5.74, 6) is 2.71. The highest BCUT2D eigenvalue weighted by atomic mass is 79.9. The molecule has 134 valence electrons. The van der Waals surface area contributed by atoms with Gasteiger partial charge in [0.1, 0.15) is 16.0 Å². The first-order valence-corrected chi connectivity index (χ1v) is 8.85. The Kier molecular flexibility index (Phi) is 6.78. The van der Waals surface area contributed by atoms with Gasteiger partial charge in [-0.15, -0.1) is 12.4 Å². The second-order valence-electron chi connectivity index (χ2n) is 6.24. The molecule has 2 atom stereocenters. The highest BCUT2D eigenvalue weighted by molar-refractivity contribution is 9.10. The van der Waals surface area contributed by atoms with E-state index < -0.39 is 0 Å². The molecule has 1 amide bonds. The number of methoxy groups -OCH3 is 2. The number of nitrogens with one attached hydrogen (secondary N) is 1. The summed E-state index contributed by atoms with van der Waals surface area (Å²) in [5.41, 5.74) is 0.618. The van der Waals surface area contributed by atoms with Gasteiger partial charge in [-0.2, -0.15) is 0 Å². The van der Waals surface area contributed by atoms with Crippen LogP contribution < -0.4 is 14.8 Å². The average Bonchev–Trinajstić information content (AvgIpc) is 2.93. The number of halogens is 2. The van der Waals surface area contributed by atoms with Crippen molar-refractivity contribution in [2.45, 2.75) is 12.8 Å². The van der Waals surface area contributed by atoms with E-state index in [1.807, 2.05) is 4.90 Å². The van der Waals surface area contributed by atoms with Crippen LogP contribution in [0, 0.1) is 11.8 Å². The van der Waals surface area contributed by atoms with Gasteiger partial charge in [-0.1, -0.05) is 0 Å². The molecule has 0 saturated carbocycles. The average molecular weight is 420 g/mol. The minimum absolute atomic E-state index is 0. The number of rotatable bonds is 3. The SMILES string of the molecule is COc1cc(C(=O)N2CC[C@@H]3CNC[C@@H]3CC2)cc(OC)c1Br.Cl. The third-order valence-electron chi connectivity index (χ3n) is 5.00. The van der Waals surface area contributed by atoms with Crippen LogP contribution in [-0.4, -0.2) is 51.2 Å². The molecule has 0 aromatic heterocycles. The van der Waals surface area contributed by atoms with Gasteiger partial charge in [0, 0.05) is 18.7 Å². The number of benzene rings is 1. The fraction of sp³-hybridized carbons (Fsp3) is 0.588. The standard InChI is InChI=1S/C17H23BrN2O3.ClH/c1-22-14-7-13(8-15(23-2)16(14)18)17(21)20-5-3-11-9-19-10-12(11)4-6-20;/h7-8,11-12,19H,3-6,9-10H2,1-2H3;1H/t11-,12+;. The Morgan fingerprint density at radius 1 is 1.12 bits per heavy atom. The van der Waals surface area contributed by atoms with Gasteiger partial charge < -0.3 is 19.7 Å². The van der Waals surface area contributed by atoms with E-state index >= 15 is 0 Å². The quantitative estimate of drug-likeness (QED) is 0.818. The van der Waals surface area contributed by atoms with Gasteiger partial charge in [0.25, 0.3) is 5.91 Å². The lowest BCUT2D eigenvalue weighted by molar-refractivity contribution is 0.0757. The molecule has 0 radical (unpaired) electrons. The molecule has 1 aromatic carbocycles. The van der Waals surface area contributed by atoms with E-state index in [1.54, 1.807) is 26.4 Å². The number of fused-ring (bicyclic) bond motifs is 1. The van der Waals surface area contributed by atoms with Crippen LogP contribution in [0.1, 0.15) is 23.2 Å². The van der Waals surface area contributed by atoms with Gasteiger partial charge in [-0.25, -0.2) is 0 Å². The molecule has 3 rings (SSSR count). The van der Waals surface area contributed by atoms with Crippen LogP contribution >= 0.6 is 28.3 Å². The summed E-state index contributed by atoms with van der Waals surface area (Å²) in [5, 5.41) is 3.46. The maximum absolute atomic E-state index is 12.9. The van der Waals surface area contributed by atoms with Crippen LogP contribution in [0.5, 0.6) is 11.5 Å². The molecular formula is C17H24BrClN2O3. The maximum atomic E-state index is 12.9. The van der Waals surface area contributed by atoms with Crippen LogP contribution in [0.4, 0.5) is 0 Å². The van der Waals surface area contributed by atoms with Crippen LogP contribution in [0.3, 0.4) is 0 Å². The Hall–Kier alpha value is -0.980. The summed E-state index contributed by atoms with van der Waals surface area (Å²) in [4.78, 5) is 14.9. The van der Waals surface area contributed by atoms with Gasteiger partial charge in [0.05, 0.1) is 14.2 Å². The number of carbonyl (C=O) groups is 1. The van der Waals surface area contributed by atoms with Crippen LogP contribution in [-0.2, 0) is 0 Å². The molecule has 2 aliphatic rings. The van der Waals surface area contributed by atoms with Crippen LogP contribution in [0.25, 0.3) is 0 Å². The van der Waals surface area contributed by atoms with E-state index in [9.17, 15) is 4.79 Å². The lowest BCUT2D eigenvalue weighted by Gasteiger charge is -2.22. The van der Waals surface area contributed by atoms with E-state index in [1.165, 1.54) is 0 Å². The van der Waals surface area contributed by atoms with Gasteiger partial charge in [0.2, 0.25) is 0 Å². The molecule has 0 bridgehead atoms. The highest BCUT2D eigenvalue weighted by Crippen LogP contribution is 2.36. The Morgan fingerprint density at radius 2 is 1.62 bits per heavy atom. The topological polar surface area (TPSA) is 50.8 Å². The van der Waals surface area contributed by atoms with Crippen molar-refractivity contribution in [2.24, 2.45) is 11.8 Å². The molecule has 0 spiro atoms. The Bertz CT molecular complexity index is 560. The van der Waals surface area contributed by atoms with E-state index in [4.69, 9.17) is 9.47 Å². The summed E-state index contributed by atoms with van der Waals surface area (Å²) in [7, 11) is 3.18. The molecule has 7 heteroatoms. The van der Waals surface area contributed by atoms with E-state index in [0.717, 1.165) is 43.5 Å². The van der Waals surface area contributed by atoms with E-state index in [-0.39, 0.29) is 18.3 Å². The van der Waals surface area contributed by atoms with Gasteiger partial charge in [0.15, 0.2) is 0 Å². The minimum atomic E-state index is 0. The molecule has 2 heterocycles. The smallest absolute Gasteiger partial charge is 0.254 e. The molecule has 2 fully saturated rings. The molecule has 2 saturated heterocycles. The van der Waals surface area contributed by atoms with Crippen molar-refractivity contribution in [3.8, 4) is 11.5 Å². The first kappa shape index (κ1) is 19.3. The van der Waals surface area contributed by atoms with Crippen molar-refractivity contribution >= 4 is 34.2 Å². The lowest BCUT2D eigenvalue weighted by atomic mass is 9.92. The zero-order valence-corrected chi connectivity index (χ0v) is 16.4. The first-order chi connectivity index (χ1) is 11.1. The Morgan fingerprint density at radius 3 is 2.08 bits per heavy atom. The Labute approximate surface area is 157 Å². The molecule has 0 aliphatic carbocycles. The number of carbonyl (C=O) groups excluding carboxylic acids is 1. The maximum Gasteiger partial charge on any atom is 0.254 e. The summed E-state index contributed by atoms with van der Waals surface area (Å²) in [6.07, 6.45) is 2.16. The molecule has 2 aliphatic heterocycles. The van der Waals surface area contributed by atoms with E-state index in [2.05, 4.69) is 21.2 Å². The fourth-order valence-electron chi connectivity index (χ4n) is 3.60. The summed E-state index contributed by atoms with van der Waals surface area (Å²) in [6.45, 7) is 3.82. The molecule has 0 unspecified atom stereocenters. The minimum Gasteiger partial charge on any atom is -0.495 e. The van der Waals surface area contributed by atoms with Crippen molar-refractivity contribution in [2.75, 3.05) is 40.4 Å². The predicted octanol–water partition coefficient (Wildman–Crippen LogP) is 2.96. The monoisotopic (exact) mass is 418 g/mol. The lowest BCUT2D eigenvalue weighted by Crippen LogP contribution is -2.32. The first-order valence-electron chi connectivity index (χ1n) is 8.05. The van der Waals surface area contributed by atoms with Gasteiger partial charge in [-0.05, 0) is 65.8 Å². The third kappa shape index (κ3) is 3.81. The van der Waals surface area contributed by atoms with Crippen LogP contribution in [0.2, 0.25) is 0 Å². The van der Waals surface area contributed by atoms with Crippen molar-refractivity contribution in [3.63, 3.8) is 0 Å². The zero-order chi connectivity index (χ0) is 16.4. The van der Waals surface area contributed by atoms with Gasteiger partial charge in [-0.3, -0.25) is 4.79 Å². The molecule has 24 heavy (non-hydrogen) atoms. The largest absolute Gasteiger partial charge is 0.495 e. The normalized spacial score (nSPS) is 23.0. The number of hydrogen-bond donors (Lipinski definition) is 1. The molecule has 1 N–H and O–H groups in total. The van der Waals surface area contributed by atoms with Crippen molar-refractivity contribution in [1.29, 1.82) is 0 Å². The summed E-state index contributed by atoms with van der Waals surface area (Å²) >= 11 is 3.44. The fourth-order valence-corrected chi connectivity index (χ4v) is 4.15. The second-order valence-corrected chi connectivity index (χ2v) is 7.04. The highest BCUT2D eigenvalue weighted by Gasteiger charge is 2.32. The van der Waals surface area contributed by atoms with Crippen LogP contribution in [0.15, 0.2) is 16.6 Å². The second kappa shape index (κ2) is 8.41. The third-order valence-corrected chi connectivity index (χ3v) is 5.78. The van der Waals surface area contributed by atoms with Crippen molar-refractivity contribution < 1.29 is 14.3 Å². The summed E-state index contributed by atoms with van der Waals surface area (Å²) in [6, 6.07) is 3.56. The molecule has 5 nitrogen and oxygen atoms in total. The number of ether oxygens (including phenoxy) is 2. The summed E-state index contributed by atoms with van der Waals surface area (Å²) < 4.78 is 11.4. The Balaban J connectivity index is 0.00000208. The van der Waals surface area contributed by atoms with Gasteiger partial charge >= 0.3 is 0 Å². The number of nitrogens with zero attached hydrogens (tertiary/aromatic N) is 1. The molecule has 1 aromatic rings. The molecular weight excluding hydrogens is 396 g/mol. The number of likely N-dealkylation sites (tertiary alicyclic amines) is 1. The zero-order valence-electron chi connectivity index (χ0n) is 14.0. The number of hydrogen-bond acceptors (Lipinski definition) is 4. The van der Waals surface area contributed by atoms with Crippen molar-refractivity contribution in [3.05, 3.63) is 22.2 Å².